The van der Waals surface area contributed by atoms with E-state index in [1.54, 1.807) is 48.4 Å². The molecule has 0 bridgehead atoms. The van der Waals surface area contributed by atoms with Gasteiger partial charge in [-0.25, -0.2) is 0 Å². The van der Waals surface area contributed by atoms with E-state index in [9.17, 15) is 13.2 Å². The number of rotatable bonds is 10. The second-order valence-electron chi connectivity index (χ2n) is 7.20. The summed E-state index contributed by atoms with van der Waals surface area (Å²) in [6.07, 6.45) is 2.85. The quantitative estimate of drug-likeness (QED) is 0.535. The van der Waals surface area contributed by atoms with E-state index in [1.165, 1.54) is 19.2 Å². The van der Waals surface area contributed by atoms with E-state index in [-0.39, 0.29) is 29.0 Å². The predicted octanol–water partition coefficient (Wildman–Crippen LogP) is 3.24. The van der Waals surface area contributed by atoms with Crippen LogP contribution in [0.25, 0.3) is 0 Å². The van der Waals surface area contributed by atoms with Crippen LogP contribution >= 0.6 is 0 Å². The van der Waals surface area contributed by atoms with E-state index < -0.39 is 10.1 Å². The van der Waals surface area contributed by atoms with Crippen LogP contribution in [-0.2, 0) is 26.2 Å². The smallest absolute Gasteiger partial charge is 0.339 e. The number of carbonyl (C=O) groups is 1. The fourth-order valence-corrected chi connectivity index (χ4v) is 4.18. The maximum absolute atomic E-state index is 12.8. The van der Waals surface area contributed by atoms with Gasteiger partial charge in [0.2, 0.25) is 5.91 Å². The molecule has 1 aliphatic rings. The summed E-state index contributed by atoms with van der Waals surface area (Å²) < 4.78 is 41.1. The van der Waals surface area contributed by atoms with Gasteiger partial charge in [0.05, 0.1) is 13.7 Å². The molecule has 0 aliphatic heterocycles. The number of para-hydroxylation sites is 1. The molecule has 7 nitrogen and oxygen atoms in total. The number of hydrogen-bond donors (Lipinski definition) is 0. The normalized spacial score (nSPS) is 14.1. The lowest BCUT2D eigenvalue weighted by Crippen LogP contribution is -2.40. The van der Waals surface area contributed by atoms with Crippen LogP contribution in [-0.4, -0.2) is 46.6 Å². The lowest BCUT2D eigenvalue weighted by molar-refractivity contribution is -0.139. The van der Waals surface area contributed by atoms with Crippen molar-refractivity contribution in [3.05, 3.63) is 54.1 Å². The zero-order chi connectivity index (χ0) is 21.6. The number of nitrogens with zero attached hydrogens (tertiary/aromatic N) is 1. The fourth-order valence-electron chi connectivity index (χ4n) is 3.21. The number of benzene rings is 2. The molecule has 30 heavy (non-hydrogen) atoms. The first kappa shape index (κ1) is 22.1. The zero-order valence-electron chi connectivity index (χ0n) is 17.2. The van der Waals surface area contributed by atoms with Crippen molar-refractivity contribution >= 4 is 16.0 Å². The Morgan fingerprint density at radius 1 is 1.07 bits per heavy atom. The maximum Gasteiger partial charge on any atom is 0.339 e. The molecule has 0 N–H and O–H groups in total. The van der Waals surface area contributed by atoms with Gasteiger partial charge in [-0.1, -0.05) is 24.6 Å². The van der Waals surface area contributed by atoms with Crippen LogP contribution in [0.1, 0.15) is 24.8 Å². The average Bonchev–Trinajstić information content (AvgIpc) is 2.70. The van der Waals surface area contributed by atoms with Crippen LogP contribution in [0.4, 0.5) is 0 Å². The number of hydrogen-bond acceptors (Lipinski definition) is 6. The Bertz CT molecular complexity index is 954. The topological polar surface area (TPSA) is 82.1 Å². The Morgan fingerprint density at radius 3 is 2.37 bits per heavy atom. The van der Waals surface area contributed by atoms with Crippen LogP contribution in [0.3, 0.4) is 0 Å². The van der Waals surface area contributed by atoms with Crippen LogP contribution in [0, 0.1) is 5.92 Å². The lowest BCUT2D eigenvalue weighted by Gasteiger charge is -2.32. The molecule has 162 valence electrons. The summed E-state index contributed by atoms with van der Waals surface area (Å²) in [6, 6.07) is 12.9. The van der Waals surface area contributed by atoms with Crippen molar-refractivity contribution in [2.45, 2.75) is 30.7 Å². The van der Waals surface area contributed by atoms with Crippen molar-refractivity contribution in [1.82, 2.24) is 4.90 Å². The second-order valence-corrected chi connectivity index (χ2v) is 8.75. The SMILES string of the molecule is COCCN(Cc1ccccc1OS(=O)(=O)c1ccc(OC)cc1)C(=O)C1CCC1. The van der Waals surface area contributed by atoms with E-state index in [1.807, 2.05) is 0 Å². The number of methoxy groups -OCH3 is 2. The molecule has 0 unspecified atom stereocenters. The molecule has 1 saturated carbocycles. The van der Waals surface area contributed by atoms with Crippen molar-refractivity contribution in [3.63, 3.8) is 0 Å². The van der Waals surface area contributed by atoms with Gasteiger partial charge in [-0.15, -0.1) is 0 Å². The molecule has 2 aromatic carbocycles. The average molecular weight is 434 g/mol. The Morgan fingerprint density at radius 2 is 1.77 bits per heavy atom. The summed E-state index contributed by atoms with van der Waals surface area (Å²) in [6.45, 7) is 1.10. The van der Waals surface area contributed by atoms with Gasteiger partial charge >= 0.3 is 10.1 Å². The highest BCUT2D eigenvalue weighted by molar-refractivity contribution is 7.87. The minimum absolute atomic E-state index is 0.0277. The summed E-state index contributed by atoms with van der Waals surface area (Å²) >= 11 is 0. The highest BCUT2D eigenvalue weighted by atomic mass is 32.2. The Labute approximate surface area is 177 Å². The van der Waals surface area contributed by atoms with Gasteiger partial charge in [0.25, 0.3) is 0 Å². The first-order valence-electron chi connectivity index (χ1n) is 9.89. The van der Waals surface area contributed by atoms with Gasteiger partial charge in [0.1, 0.15) is 16.4 Å². The van der Waals surface area contributed by atoms with Crippen molar-refractivity contribution < 1.29 is 26.9 Å². The largest absolute Gasteiger partial charge is 0.497 e. The number of carbonyl (C=O) groups excluding carboxylic acids is 1. The molecule has 1 amide bonds. The molecule has 3 rings (SSSR count). The predicted molar refractivity (Wildman–Crippen MR) is 112 cm³/mol. The summed E-state index contributed by atoms with van der Waals surface area (Å²) in [5.74, 6) is 0.874. The van der Waals surface area contributed by atoms with Gasteiger partial charge in [0, 0.05) is 31.7 Å². The molecule has 0 heterocycles. The molecule has 1 fully saturated rings. The van der Waals surface area contributed by atoms with Crippen LogP contribution in [0.5, 0.6) is 11.5 Å². The first-order chi connectivity index (χ1) is 14.4. The lowest BCUT2D eigenvalue weighted by atomic mass is 9.84. The van der Waals surface area contributed by atoms with Crippen LogP contribution in [0.15, 0.2) is 53.4 Å². The summed E-state index contributed by atoms with van der Waals surface area (Å²) in [7, 11) is -0.929. The second kappa shape index (κ2) is 9.95. The Balaban J connectivity index is 1.80. The molecular weight excluding hydrogens is 406 g/mol. The fraction of sp³-hybridized carbons (Fsp3) is 0.409. The first-order valence-corrected chi connectivity index (χ1v) is 11.3. The molecular formula is C22H27NO6S. The third-order valence-electron chi connectivity index (χ3n) is 5.21. The van der Waals surface area contributed by atoms with E-state index in [0.29, 0.717) is 24.5 Å². The van der Waals surface area contributed by atoms with Crippen molar-refractivity contribution in [3.8, 4) is 11.5 Å². The molecule has 0 aromatic heterocycles. The van der Waals surface area contributed by atoms with Crippen molar-refractivity contribution in [2.75, 3.05) is 27.4 Å². The summed E-state index contributed by atoms with van der Waals surface area (Å²) in [5, 5.41) is 0. The van der Waals surface area contributed by atoms with Gasteiger partial charge in [0.15, 0.2) is 0 Å². The van der Waals surface area contributed by atoms with E-state index in [0.717, 1.165) is 19.3 Å². The minimum Gasteiger partial charge on any atom is -0.497 e. The molecule has 0 atom stereocenters. The summed E-state index contributed by atoms with van der Waals surface area (Å²) in [5.41, 5.74) is 0.623. The third-order valence-corrected chi connectivity index (χ3v) is 6.46. The van der Waals surface area contributed by atoms with Gasteiger partial charge in [-0.05, 0) is 43.2 Å². The van der Waals surface area contributed by atoms with Crippen molar-refractivity contribution in [2.24, 2.45) is 5.92 Å². The molecule has 8 heteroatoms. The Hall–Kier alpha value is -2.58. The molecule has 0 radical (unpaired) electrons. The third kappa shape index (κ3) is 5.31. The Kier molecular flexibility index (Phi) is 7.33. The molecule has 0 saturated heterocycles. The van der Waals surface area contributed by atoms with Crippen LogP contribution < -0.4 is 8.92 Å². The standard InChI is InChI=1S/C22H27NO6S/c1-27-15-14-23(22(24)17-7-5-8-17)16-18-6-3-4-9-21(18)29-30(25,26)20-12-10-19(28-2)11-13-20/h3-4,6,9-13,17H,5,7-8,14-16H2,1-2H3. The number of ether oxygens (including phenoxy) is 2. The number of amides is 1. The molecule has 1 aliphatic carbocycles. The zero-order valence-corrected chi connectivity index (χ0v) is 18.1. The van der Waals surface area contributed by atoms with E-state index in [2.05, 4.69) is 0 Å². The molecule has 0 spiro atoms. The van der Waals surface area contributed by atoms with Gasteiger partial charge in [-0.2, -0.15) is 8.42 Å². The van der Waals surface area contributed by atoms with Crippen molar-refractivity contribution in [1.29, 1.82) is 0 Å². The van der Waals surface area contributed by atoms with Gasteiger partial charge < -0.3 is 18.6 Å². The van der Waals surface area contributed by atoms with E-state index in [4.69, 9.17) is 13.7 Å². The van der Waals surface area contributed by atoms with Crippen LogP contribution in [0.2, 0.25) is 0 Å². The maximum atomic E-state index is 12.8. The van der Waals surface area contributed by atoms with E-state index >= 15 is 0 Å². The highest BCUT2D eigenvalue weighted by Crippen LogP contribution is 2.30. The minimum atomic E-state index is -4.03. The molecule has 2 aromatic rings. The van der Waals surface area contributed by atoms with Gasteiger partial charge in [-0.3, -0.25) is 4.79 Å². The summed E-state index contributed by atoms with van der Waals surface area (Å²) in [4.78, 5) is 14.6. The monoisotopic (exact) mass is 433 g/mol. The highest BCUT2D eigenvalue weighted by Gasteiger charge is 2.30.